The molecule has 0 bridgehead atoms. The summed E-state index contributed by atoms with van der Waals surface area (Å²) in [5, 5.41) is 3.26. The summed E-state index contributed by atoms with van der Waals surface area (Å²) in [6.45, 7) is 6.03. The predicted molar refractivity (Wildman–Crippen MR) is 81.3 cm³/mol. The van der Waals surface area contributed by atoms with Gasteiger partial charge in [0.1, 0.15) is 6.54 Å². The van der Waals surface area contributed by atoms with Gasteiger partial charge >= 0.3 is 0 Å². The van der Waals surface area contributed by atoms with Crippen LogP contribution in [0.4, 0.5) is 5.69 Å². The van der Waals surface area contributed by atoms with Crippen LogP contribution >= 0.6 is 0 Å². The maximum atomic E-state index is 12.6. The maximum absolute atomic E-state index is 12.6. The monoisotopic (exact) mass is 290 g/mol. The topological polar surface area (TPSA) is 65.5 Å². The highest BCUT2D eigenvalue weighted by Crippen LogP contribution is 2.19. The number of pyridine rings is 1. The molecule has 0 spiro atoms. The second kappa shape index (κ2) is 6.56. The van der Waals surface area contributed by atoms with Crippen molar-refractivity contribution in [3.05, 3.63) is 23.5 Å². The number of hydrogen-bond donors (Lipinski definition) is 1. The first-order chi connectivity index (χ1) is 10.0. The van der Waals surface area contributed by atoms with E-state index in [9.17, 15) is 9.59 Å². The van der Waals surface area contributed by atoms with Crippen molar-refractivity contribution in [1.29, 1.82) is 0 Å². The van der Waals surface area contributed by atoms with Crippen LogP contribution in [-0.4, -0.2) is 59.8 Å². The number of nitrogens with zero attached hydrogens (tertiary/aromatic N) is 3. The molecule has 0 aliphatic carbocycles. The van der Waals surface area contributed by atoms with Crippen LogP contribution in [0, 0.1) is 6.92 Å². The molecule has 6 nitrogen and oxygen atoms in total. The highest BCUT2D eigenvalue weighted by Gasteiger charge is 2.27. The lowest BCUT2D eigenvalue weighted by Gasteiger charge is -2.32. The van der Waals surface area contributed by atoms with E-state index in [0.29, 0.717) is 18.7 Å². The molecule has 1 fully saturated rings. The lowest BCUT2D eigenvalue weighted by atomic mass is 10.1. The minimum Gasteiger partial charge on any atom is -0.384 e. The number of likely N-dealkylation sites (N-methyl/N-ethyl adjacent to an activating group) is 1. The molecule has 1 N–H and O–H groups in total. The van der Waals surface area contributed by atoms with Gasteiger partial charge in [0, 0.05) is 38.6 Å². The number of carbonyl (C=O) groups is 2. The largest absolute Gasteiger partial charge is 0.384 e. The van der Waals surface area contributed by atoms with Gasteiger partial charge in [-0.25, -0.2) is 0 Å². The second-order valence-corrected chi connectivity index (χ2v) is 5.34. The highest BCUT2D eigenvalue weighted by molar-refractivity contribution is 6.01. The third-order valence-electron chi connectivity index (χ3n) is 3.58. The number of nitrogens with one attached hydrogen (secondary N) is 1. The molecule has 21 heavy (non-hydrogen) atoms. The molecular formula is C15H22N4O2. The molecule has 1 aliphatic heterocycles. The van der Waals surface area contributed by atoms with E-state index in [4.69, 9.17) is 0 Å². The van der Waals surface area contributed by atoms with Crippen LogP contribution in [0.15, 0.2) is 12.3 Å². The first-order valence-electron chi connectivity index (χ1n) is 7.26. The molecule has 1 aromatic rings. The third-order valence-corrected chi connectivity index (χ3v) is 3.58. The van der Waals surface area contributed by atoms with E-state index in [1.165, 1.54) is 0 Å². The molecule has 1 aromatic heterocycles. The van der Waals surface area contributed by atoms with Crippen LogP contribution in [0.2, 0.25) is 0 Å². The predicted octanol–water partition coefficient (Wildman–Crippen LogP) is 1.13. The zero-order valence-electron chi connectivity index (χ0n) is 12.8. The summed E-state index contributed by atoms with van der Waals surface area (Å²) in [5.41, 5.74) is 2.19. The van der Waals surface area contributed by atoms with Crippen molar-refractivity contribution in [2.75, 3.05) is 38.5 Å². The van der Waals surface area contributed by atoms with Gasteiger partial charge in [0.05, 0.1) is 11.3 Å². The van der Waals surface area contributed by atoms with Crippen molar-refractivity contribution in [1.82, 2.24) is 14.8 Å². The van der Waals surface area contributed by atoms with E-state index >= 15 is 0 Å². The van der Waals surface area contributed by atoms with Gasteiger partial charge < -0.3 is 15.1 Å². The van der Waals surface area contributed by atoms with Gasteiger partial charge in [0.25, 0.3) is 5.91 Å². The number of piperazine rings is 1. The Morgan fingerprint density at radius 2 is 2.19 bits per heavy atom. The van der Waals surface area contributed by atoms with Crippen LogP contribution < -0.4 is 5.32 Å². The van der Waals surface area contributed by atoms with E-state index in [0.717, 1.165) is 24.3 Å². The number of aryl methyl sites for hydroxylation is 1. The lowest BCUT2D eigenvalue weighted by molar-refractivity contribution is -0.133. The molecule has 0 unspecified atom stereocenters. The van der Waals surface area contributed by atoms with Gasteiger partial charge in [-0.2, -0.15) is 0 Å². The summed E-state index contributed by atoms with van der Waals surface area (Å²) in [7, 11) is 1.76. The van der Waals surface area contributed by atoms with Gasteiger partial charge in [-0.15, -0.1) is 0 Å². The Hall–Kier alpha value is -2.11. The van der Waals surface area contributed by atoms with Crippen molar-refractivity contribution in [3.63, 3.8) is 0 Å². The summed E-state index contributed by atoms with van der Waals surface area (Å²) < 4.78 is 0. The number of aromatic nitrogens is 1. The average molecular weight is 290 g/mol. The summed E-state index contributed by atoms with van der Waals surface area (Å²) >= 11 is 0. The van der Waals surface area contributed by atoms with Crippen molar-refractivity contribution in [3.8, 4) is 0 Å². The van der Waals surface area contributed by atoms with E-state index in [-0.39, 0.29) is 18.4 Å². The Kier molecular flexibility index (Phi) is 4.77. The third kappa shape index (κ3) is 3.51. The molecule has 0 aromatic carbocycles. The molecule has 2 amide bonds. The number of rotatable bonds is 4. The van der Waals surface area contributed by atoms with E-state index < -0.39 is 0 Å². The van der Waals surface area contributed by atoms with E-state index in [1.807, 2.05) is 13.0 Å². The Morgan fingerprint density at radius 1 is 1.43 bits per heavy atom. The normalized spacial score (nSPS) is 15.3. The van der Waals surface area contributed by atoms with Gasteiger partial charge in [-0.1, -0.05) is 6.92 Å². The molecule has 1 saturated heterocycles. The fourth-order valence-corrected chi connectivity index (χ4v) is 2.24. The molecule has 6 heteroatoms. The smallest absolute Gasteiger partial charge is 0.258 e. The molecule has 0 saturated carbocycles. The first kappa shape index (κ1) is 15.3. The average Bonchev–Trinajstić information content (AvgIpc) is 2.47. The minimum absolute atomic E-state index is 0.0299. The maximum Gasteiger partial charge on any atom is 0.258 e. The van der Waals surface area contributed by atoms with Crippen molar-refractivity contribution in [2.24, 2.45) is 0 Å². The SMILES string of the molecule is CCCNc1cc(C)ncc1C(=O)N1CCN(C)C(=O)C1. The van der Waals surface area contributed by atoms with Crippen LogP contribution in [0.1, 0.15) is 29.4 Å². The summed E-state index contributed by atoms with van der Waals surface area (Å²) in [5.74, 6) is -0.166. The Bertz CT molecular complexity index is 544. The number of carbonyl (C=O) groups excluding carboxylic acids is 2. The summed E-state index contributed by atoms with van der Waals surface area (Å²) in [6.07, 6.45) is 2.57. The van der Waals surface area contributed by atoms with E-state index in [2.05, 4.69) is 17.2 Å². The zero-order chi connectivity index (χ0) is 15.4. The quantitative estimate of drug-likeness (QED) is 0.902. The molecule has 0 radical (unpaired) electrons. The molecule has 1 aliphatic rings. The Balaban J connectivity index is 2.20. The zero-order valence-corrected chi connectivity index (χ0v) is 12.8. The van der Waals surface area contributed by atoms with Crippen LogP contribution in [-0.2, 0) is 4.79 Å². The van der Waals surface area contributed by atoms with Gasteiger partial charge in [-0.05, 0) is 19.4 Å². The first-order valence-corrected chi connectivity index (χ1v) is 7.26. The van der Waals surface area contributed by atoms with Crippen molar-refractivity contribution < 1.29 is 9.59 Å². The second-order valence-electron chi connectivity index (χ2n) is 5.34. The fraction of sp³-hybridized carbons (Fsp3) is 0.533. The standard InChI is InChI=1S/C15H22N4O2/c1-4-5-16-13-8-11(2)17-9-12(13)15(21)19-7-6-18(3)14(20)10-19/h8-9H,4-7,10H2,1-3H3,(H,16,17). The van der Waals surface area contributed by atoms with Crippen molar-refractivity contribution >= 4 is 17.5 Å². The summed E-state index contributed by atoms with van der Waals surface area (Å²) in [4.78, 5) is 31.8. The number of hydrogen-bond acceptors (Lipinski definition) is 4. The van der Waals surface area contributed by atoms with Crippen molar-refractivity contribution in [2.45, 2.75) is 20.3 Å². The van der Waals surface area contributed by atoms with Crippen LogP contribution in [0.25, 0.3) is 0 Å². The fourth-order valence-electron chi connectivity index (χ4n) is 2.24. The van der Waals surface area contributed by atoms with Gasteiger partial charge in [0.15, 0.2) is 0 Å². The molecule has 2 heterocycles. The van der Waals surface area contributed by atoms with Gasteiger partial charge in [-0.3, -0.25) is 14.6 Å². The van der Waals surface area contributed by atoms with Crippen LogP contribution in [0.3, 0.4) is 0 Å². The van der Waals surface area contributed by atoms with Gasteiger partial charge in [0.2, 0.25) is 5.91 Å². The minimum atomic E-state index is -0.137. The molecule has 2 rings (SSSR count). The van der Waals surface area contributed by atoms with E-state index in [1.54, 1.807) is 23.0 Å². The Morgan fingerprint density at radius 3 is 2.86 bits per heavy atom. The number of amides is 2. The molecular weight excluding hydrogens is 268 g/mol. The van der Waals surface area contributed by atoms with Crippen LogP contribution in [0.5, 0.6) is 0 Å². The summed E-state index contributed by atoms with van der Waals surface area (Å²) in [6, 6.07) is 1.88. The molecule has 114 valence electrons. The lowest BCUT2D eigenvalue weighted by Crippen LogP contribution is -2.50. The molecule has 0 atom stereocenters. The Labute approximate surface area is 125 Å². The highest BCUT2D eigenvalue weighted by atomic mass is 16.2. The number of anilines is 1.